The van der Waals surface area contributed by atoms with Gasteiger partial charge in [0.2, 0.25) is 0 Å². The predicted octanol–water partition coefficient (Wildman–Crippen LogP) is 2.05. The number of carboxylic acids is 1. The molecule has 0 spiro atoms. The molecular weight excluding hydrogens is 237 g/mol. The lowest BCUT2D eigenvalue weighted by Crippen LogP contribution is -2.33. The van der Waals surface area contributed by atoms with Gasteiger partial charge in [0.15, 0.2) is 11.6 Å². The van der Waals surface area contributed by atoms with Gasteiger partial charge in [-0.3, -0.25) is 0 Å². The van der Waals surface area contributed by atoms with Crippen molar-refractivity contribution in [3.63, 3.8) is 0 Å². The summed E-state index contributed by atoms with van der Waals surface area (Å²) in [7, 11) is 0. The van der Waals surface area contributed by atoms with E-state index in [1.807, 2.05) is 19.9 Å². The maximum atomic E-state index is 14.0. The van der Waals surface area contributed by atoms with Gasteiger partial charge in [0.1, 0.15) is 5.56 Å². The van der Waals surface area contributed by atoms with Crippen LogP contribution in [0.3, 0.4) is 0 Å². The van der Waals surface area contributed by atoms with Crippen molar-refractivity contribution >= 4 is 11.8 Å². The maximum absolute atomic E-state index is 14.0. The molecule has 96 valence electrons. The molecule has 0 atom stereocenters. The van der Waals surface area contributed by atoms with E-state index in [0.29, 0.717) is 6.54 Å². The van der Waals surface area contributed by atoms with Gasteiger partial charge in [0.25, 0.3) is 0 Å². The number of halogens is 1. The van der Waals surface area contributed by atoms with Crippen molar-refractivity contribution in [3.8, 4) is 6.07 Å². The molecule has 0 bridgehead atoms. The quantitative estimate of drug-likeness (QED) is 0.866. The molecule has 0 amide bonds. The van der Waals surface area contributed by atoms with Crippen LogP contribution in [0.5, 0.6) is 0 Å². The first-order valence-corrected chi connectivity index (χ1v) is 5.50. The first kappa shape index (κ1) is 13.9. The Bertz CT molecular complexity index is 483. The van der Waals surface area contributed by atoms with Crippen LogP contribution in [0.15, 0.2) is 12.3 Å². The fraction of sp³-hybridized carbons (Fsp3) is 0.417. The van der Waals surface area contributed by atoms with Crippen LogP contribution in [0.25, 0.3) is 0 Å². The molecule has 18 heavy (non-hydrogen) atoms. The lowest BCUT2D eigenvalue weighted by Gasteiger charge is -2.27. The number of anilines is 1. The Hall–Kier alpha value is -2.16. The SMILES string of the molecule is CC(C)N(CCC#N)c1nccc(C(=O)O)c1F. The van der Waals surface area contributed by atoms with Gasteiger partial charge in [-0.2, -0.15) is 5.26 Å². The molecule has 0 radical (unpaired) electrons. The molecule has 1 rings (SSSR count). The molecular formula is C12H14FN3O2. The molecule has 6 heteroatoms. The van der Waals surface area contributed by atoms with Gasteiger partial charge in [-0.15, -0.1) is 0 Å². The second-order valence-corrected chi connectivity index (χ2v) is 4.00. The number of hydrogen-bond donors (Lipinski definition) is 1. The van der Waals surface area contributed by atoms with Crippen molar-refractivity contribution in [3.05, 3.63) is 23.6 Å². The fourth-order valence-corrected chi connectivity index (χ4v) is 1.58. The highest BCUT2D eigenvalue weighted by atomic mass is 19.1. The molecule has 0 aliphatic carbocycles. The molecule has 0 saturated heterocycles. The Morgan fingerprint density at radius 2 is 2.33 bits per heavy atom. The fourth-order valence-electron chi connectivity index (χ4n) is 1.58. The minimum atomic E-state index is -1.33. The number of carboxylic acid groups (broad SMARTS) is 1. The monoisotopic (exact) mass is 251 g/mol. The van der Waals surface area contributed by atoms with Gasteiger partial charge in [0.05, 0.1) is 12.5 Å². The van der Waals surface area contributed by atoms with E-state index in [4.69, 9.17) is 10.4 Å². The van der Waals surface area contributed by atoms with Crippen molar-refractivity contribution in [1.82, 2.24) is 4.98 Å². The summed E-state index contributed by atoms with van der Waals surface area (Å²) in [5, 5.41) is 17.4. The summed E-state index contributed by atoms with van der Waals surface area (Å²) in [6.45, 7) is 3.96. The van der Waals surface area contributed by atoms with E-state index in [1.54, 1.807) is 4.90 Å². The Morgan fingerprint density at radius 1 is 1.67 bits per heavy atom. The number of carbonyl (C=O) groups is 1. The van der Waals surface area contributed by atoms with Gasteiger partial charge in [-0.05, 0) is 19.9 Å². The number of rotatable bonds is 5. The largest absolute Gasteiger partial charge is 0.478 e. The first-order chi connectivity index (χ1) is 8.49. The molecule has 1 aromatic heterocycles. The average molecular weight is 251 g/mol. The van der Waals surface area contributed by atoms with Crippen LogP contribution in [0, 0.1) is 17.1 Å². The van der Waals surface area contributed by atoms with E-state index < -0.39 is 17.3 Å². The minimum absolute atomic E-state index is 0.0276. The predicted molar refractivity (Wildman–Crippen MR) is 63.9 cm³/mol. The van der Waals surface area contributed by atoms with Gasteiger partial charge in [-0.25, -0.2) is 14.2 Å². The number of nitrogens with zero attached hydrogens (tertiary/aromatic N) is 3. The Morgan fingerprint density at radius 3 is 2.83 bits per heavy atom. The van der Waals surface area contributed by atoms with E-state index in [2.05, 4.69) is 4.98 Å². The Balaban J connectivity index is 3.17. The number of aromatic nitrogens is 1. The zero-order valence-corrected chi connectivity index (χ0v) is 10.2. The maximum Gasteiger partial charge on any atom is 0.338 e. The molecule has 0 unspecified atom stereocenters. The van der Waals surface area contributed by atoms with Gasteiger partial charge in [0, 0.05) is 18.8 Å². The van der Waals surface area contributed by atoms with E-state index in [0.717, 1.165) is 6.07 Å². The number of pyridine rings is 1. The molecule has 0 aromatic carbocycles. The van der Waals surface area contributed by atoms with E-state index in [9.17, 15) is 9.18 Å². The standard InChI is InChI=1S/C12H14FN3O2/c1-8(2)16(7-3-5-14)11-10(13)9(12(17)18)4-6-15-11/h4,6,8H,3,7H2,1-2H3,(H,17,18). The molecule has 1 aromatic rings. The zero-order chi connectivity index (χ0) is 13.7. The van der Waals surface area contributed by atoms with Crippen LogP contribution >= 0.6 is 0 Å². The second-order valence-electron chi connectivity index (χ2n) is 4.00. The molecule has 0 saturated carbocycles. The van der Waals surface area contributed by atoms with E-state index in [-0.39, 0.29) is 18.3 Å². The molecule has 0 aliphatic rings. The number of nitriles is 1. The van der Waals surface area contributed by atoms with Crippen molar-refractivity contribution in [2.75, 3.05) is 11.4 Å². The topological polar surface area (TPSA) is 77.2 Å². The lowest BCUT2D eigenvalue weighted by molar-refractivity contribution is 0.0691. The highest BCUT2D eigenvalue weighted by Crippen LogP contribution is 2.21. The summed E-state index contributed by atoms with van der Waals surface area (Å²) < 4.78 is 14.0. The summed E-state index contributed by atoms with van der Waals surface area (Å²) in [6.07, 6.45) is 1.47. The van der Waals surface area contributed by atoms with Crippen molar-refractivity contribution in [2.45, 2.75) is 26.3 Å². The molecule has 0 aliphatic heterocycles. The average Bonchev–Trinajstić information content (AvgIpc) is 2.30. The van der Waals surface area contributed by atoms with Crippen LogP contribution in [0.1, 0.15) is 30.6 Å². The minimum Gasteiger partial charge on any atom is -0.478 e. The first-order valence-electron chi connectivity index (χ1n) is 5.50. The van der Waals surface area contributed by atoms with Crippen LogP contribution in [-0.4, -0.2) is 28.6 Å². The molecule has 1 N–H and O–H groups in total. The summed E-state index contributed by atoms with van der Waals surface area (Å²) in [5.41, 5.74) is -0.414. The summed E-state index contributed by atoms with van der Waals surface area (Å²) in [5.74, 6) is -2.23. The second kappa shape index (κ2) is 5.96. The zero-order valence-electron chi connectivity index (χ0n) is 10.2. The van der Waals surface area contributed by atoms with Crippen LogP contribution in [-0.2, 0) is 0 Å². The Labute approximate surface area is 104 Å². The summed E-state index contributed by atoms with van der Waals surface area (Å²) in [4.78, 5) is 16.3. The van der Waals surface area contributed by atoms with Crippen LogP contribution < -0.4 is 4.90 Å². The molecule has 1 heterocycles. The van der Waals surface area contributed by atoms with E-state index in [1.165, 1.54) is 6.20 Å². The van der Waals surface area contributed by atoms with Crippen molar-refractivity contribution in [1.29, 1.82) is 5.26 Å². The van der Waals surface area contributed by atoms with Crippen LogP contribution in [0.4, 0.5) is 10.2 Å². The lowest BCUT2D eigenvalue weighted by atomic mass is 10.2. The molecule has 5 nitrogen and oxygen atoms in total. The summed E-state index contributed by atoms with van der Waals surface area (Å²) in [6, 6.07) is 3.01. The highest BCUT2D eigenvalue weighted by molar-refractivity contribution is 5.88. The third-order valence-electron chi connectivity index (χ3n) is 2.46. The summed E-state index contributed by atoms with van der Waals surface area (Å²) >= 11 is 0. The highest BCUT2D eigenvalue weighted by Gasteiger charge is 2.21. The van der Waals surface area contributed by atoms with Crippen LogP contribution in [0.2, 0.25) is 0 Å². The normalized spacial score (nSPS) is 10.2. The van der Waals surface area contributed by atoms with E-state index >= 15 is 0 Å². The van der Waals surface area contributed by atoms with Gasteiger partial charge < -0.3 is 10.0 Å². The third kappa shape index (κ3) is 2.94. The van der Waals surface area contributed by atoms with Crippen molar-refractivity contribution < 1.29 is 14.3 Å². The number of aromatic carboxylic acids is 1. The van der Waals surface area contributed by atoms with Gasteiger partial charge in [-0.1, -0.05) is 0 Å². The van der Waals surface area contributed by atoms with Crippen molar-refractivity contribution in [2.24, 2.45) is 0 Å². The smallest absolute Gasteiger partial charge is 0.338 e. The van der Waals surface area contributed by atoms with Gasteiger partial charge >= 0.3 is 5.97 Å². The Kier molecular flexibility index (Phi) is 4.60. The third-order valence-corrected chi connectivity index (χ3v) is 2.46. The molecule has 0 fully saturated rings. The number of hydrogen-bond acceptors (Lipinski definition) is 4.